The zero-order valence-corrected chi connectivity index (χ0v) is 15.6. The Bertz CT molecular complexity index is 1110. The van der Waals surface area contributed by atoms with Crippen molar-refractivity contribution in [2.75, 3.05) is 12.4 Å². The predicted octanol–water partition coefficient (Wildman–Crippen LogP) is 4.32. The van der Waals surface area contributed by atoms with Crippen LogP contribution in [-0.4, -0.2) is 28.0 Å². The molecule has 0 fully saturated rings. The molecule has 27 heavy (non-hydrogen) atoms. The van der Waals surface area contributed by atoms with Crippen LogP contribution in [-0.2, 0) is 0 Å². The summed E-state index contributed by atoms with van der Waals surface area (Å²) in [6.07, 6.45) is 3.34. The Balaban J connectivity index is 1.69. The number of amides is 1. The van der Waals surface area contributed by atoms with Gasteiger partial charge in [-0.15, -0.1) is 0 Å². The number of aromatic nitrogens is 3. The minimum Gasteiger partial charge on any atom is -0.480 e. The van der Waals surface area contributed by atoms with Crippen molar-refractivity contribution in [3.05, 3.63) is 66.0 Å². The van der Waals surface area contributed by atoms with Gasteiger partial charge in [-0.3, -0.25) is 4.79 Å². The lowest BCUT2D eigenvalue weighted by molar-refractivity contribution is 0.102. The summed E-state index contributed by atoms with van der Waals surface area (Å²) < 4.78 is 5.17. The summed E-state index contributed by atoms with van der Waals surface area (Å²) in [6, 6.07) is 13.0. The summed E-state index contributed by atoms with van der Waals surface area (Å²) >= 11 is 1.53. The van der Waals surface area contributed by atoms with Gasteiger partial charge in [0.05, 0.1) is 7.11 Å². The Morgan fingerprint density at radius 2 is 1.89 bits per heavy atom. The standard InChI is InChI=1S/C20H16N4O2S/c1-12-13(19-24-16-9-5-11-22-20(16)27-19)6-3-8-15(12)23-17(25)14-7-4-10-21-18(14)26-2/h3-11H,1-2H3,(H,23,25). The molecule has 3 aromatic heterocycles. The number of fused-ring (bicyclic) bond motifs is 1. The number of hydrogen-bond acceptors (Lipinski definition) is 6. The van der Waals surface area contributed by atoms with Crippen LogP contribution < -0.4 is 10.1 Å². The fourth-order valence-electron chi connectivity index (χ4n) is 2.80. The number of methoxy groups -OCH3 is 1. The van der Waals surface area contributed by atoms with Gasteiger partial charge in [-0.25, -0.2) is 15.0 Å². The first-order chi connectivity index (χ1) is 13.2. The fraction of sp³-hybridized carbons (Fsp3) is 0.100. The molecular formula is C20H16N4O2S. The molecule has 0 spiro atoms. The lowest BCUT2D eigenvalue weighted by atomic mass is 10.1. The highest BCUT2D eigenvalue weighted by Crippen LogP contribution is 2.33. The second kappa shape index (κ2) is 7.13. The van der Waals surface area contributed by atoms with E-state index in [2.05, 4.69) is 20.3 Å². The average molecular weight is 376 g/mol. The molecule has 4 aromatic rings. The van der Waals surface area contributed by atoms with E-state index in [9.17, 15) is 4.79 Å². The van der Waals surface area contributed by atoms with Crippen molar-refractivity contribution >= 4 is 33.3 Å². The van der Waals surface area contributed by atoms with Gasteiger partial charge < -0.3 is 10.1 Å². The van der Waals surface area contributed by atoms with E-state index < -0.39 is 0 Å². The number of pyridine rings is 2. The molecule has 0 aliphatic heterocycles. The Labute approximate surface area is 159 Å². The third-order valence-electron chi connectivity index (χ3n) is 4.19. The van der Waals surface area contributed by atoms with Crippen LogP contribution in [0.1, 0.15) is 15.9 Å². The lowest BCUT2D eigenvalue weighted by Crippen LogP contribution is -2.14. The highest BCUT2D eigenvalue weighted by Gasteiger charge is 2.16. The van der Waals surface area contributed by atoms with Gasteiger partial charge >= 0.3 is 0 Å². The fourth-order valence-corrected chi connectivity index (χ4v) is 3.79. The summed E-state index contributed by atoms with van der Waals surface area (Å²) in [6.45, 7) is 1.96. The second-order valence-electron chi connectivity index (χ2n) is 5.84. The van der Waals surface area contributed by atoms with Crippen molar-refractivity contribution < 1.29 is 9.53 Å². The van der Waals surface area contributed by atoms with E-state index >= 15 is 0 Å². The molecule has 0 saturated heterocycles. The smallest absolute Gasteiger partial charge is 0.261 e. The average Bonchev–Trinajstić information content (AvgIpc) is 3.13. The number of nitrogens with one attached hydrogen (secondary N) is 1. The summed E-state index contributed by atoms with van der Waals surface area (Å²) in [5.74, 6) is 0.0206. The van der Waals surface area contributed by atoms with E-state index in [1.807, 2.05) is 37.3 Å². The minimum absolute atomic E-state index is 0.272. The first-order valence-corrected chi connectivity index (χ1v) is 9.11. The molecule has 0 aliphatic carbocycles. The van der Waals surface area contributed by atoms with E-state index in [0.29, 0.717) is 11.4 Å². The topological polar surface area (TPSA) is 77.0 Å². The number of hydrogen-bond donors (Lipinski definition) is 1. The summed E-state index contributed by atoms with van der Waals surface area (Å²) in [7, 11) is 1.49. The van der Waals surface area contributed by atoms with Gasteiger partial charge in [0.15, 0.2) is 0 Å². The predicted molar refractivity (Wildman–Crippen MR) is 106 cm³/mol. The number of carbonyl (C=O) groups excluding carboxylic acids is 1. The summed E-state index contributed by atoms with van der Waals surface area (Å²) in [5, 5.41) is 3.82. The molecular weight excluding hydrogens is 360 g/mol. The third-order valence-corrected chi connectivity index (χ3v) is 5.20. The largest absolute Gasteiger partial charge is 0.480 e. The highest BCUT2D eigenvalue weighted by atomic mass is 32.1. The zero-order chi connectivity index (χ0) is 18.8. The second-order valence-corrected chi connectivity index (χ2v) is 6.82. The molecule has 0 atom stereocenters. The van der Waals surface area contributed by atoms with Crippen LogP contribution in [0.2, 0.25) is 0 Å². The van der Waals surface area contributed by atoms with Crippen LogP contribution >= 0.6 is 11.3 Å². The molecule has 0 bridgehead atoms. The molecule has 134 valence electrons. The van der Waals surface area contributed by atoms with Gasteiger partial charge in [0.2, 0.25) is 5.88 Å². The van der Waals surface area contributed by atoms with E-state index in [-0.39, 0.29) is 5.91 Å². The van der Waals surface area contributed by atoms with Crippen LogP contribution in [0, 0.1) is 6.92 Å². The molecule has 0 radical (unpaired) electrons. The molecule has 1 aromatic carbocycles. The maximum atomic E-state index is 12.7. The zero-order valence-electron chi connectivity index (χ0n) is 14.8. The van der Waals surface area contributed by atoms with Crippen molar-refractivity contribution in [1.29, 1.82) is 0 Å². The number of anilines is 1. The normalized spacial score (nSPS) is 10.7. The van der Waals surface area contributed by atoms with Gasteiger partial charge in [0.25, 0.3) is 5.91 Å². The van der Waals surface area contributed by atoms with Crippen molar-refractivity contribution in [3.63, 3.8) is 0 Å². The highest BCUT2D eigenvalue weighted by molar-refractivity contribution is 7.21. The number of rotatable bonds is 4. The monoisotopic (exact) mass is 376 g/mol. The van der Waals surface area contributed by atoms with Crippen LogP contribution in [0.5, 0.6) is 5.88 Å². The molecule has 1 amide bonds. The molecule has 3 heterocycles. The molecule has 0 aliphatic rings. The quantitative estimate of drug-likeness (QED) is 0.574. The summed E-state index contributed by atoms with van der Waals surface area (Å²) in [5.41, 5.74) is 3.87. The first kappa shape index (κ1) is 17.1. The third kappa shape index (κ3) is 3.24. The van der Waals surface area contributed by atoms with Crippen molar-refractivity contribution in [3.8, 4) is 16.5 Å². The van der Waals surface area contributed by atoms with Crippen molar-refractivity contribution in [2.45, 2.75) is 6.92 Å². The number of benzene rings is 1. The van der Waals surface area contributed by atoms with Crippen LogP contribution in [0.25, 0.3) is 20.9 Å². The molecule has 0 unspecified atom stereocenters. The van der Waals surface area contributed by atoms with Gasteiger partial charge in [0.1, 0.15) is 20.9 Å². The lowest BCUT2D eigenvalue weighted by Gasteiger charge is -2.12. The van der Waals surface area contributed by atoms with Crippen LogP contribution in [0.3, 0.4) is 0 Å². The molecule has 0 saturated carbocycles. The number of nitrogens with zero attached hydrogens (tertiary/aromatic N) is 3. The molecule has 7 heteroatoms. The Kier molecular flexibility index (Phi) is 4.52. The first-order valence-electron chi connectivity index (χ1n) is 8.29. The van der Waals surface area contributed by atoms with Crippen LogP contribution in [0.15, 0.2) is 54.9 Å². The molecule has 4 rings (SSSR count). The Hall–Kier alpha value is -3.32. The molecule has 6 nitrogen and oxygen atoms in total. The van der Waals surface area contributed by atoms with E-state index in [1.165, 1.54) is 18.4 Å². The number of thiazole rings is 1. The van der Waals surface area contributed by atoms with E-state index in [0.717, 1.165) is 32.2 Å². The molecule has 1 N–H and O–H groups in total. The SMILES string of the molecule is COc1ncccc1C(=O)Nc1cccc(-c2nc3cccnc3s2)c1C. The van der Waals surface area contributed by atoms with Gasteiger partial charge in [-0.05, 0) is 42.8 Å². The number of carbonyl (C=O) groups is 1. The van der Waals surface area contributed by atoms with E-state index in [4.69, 9.17) is 4.74 Å². The number of ether oxygens (including phenoxy) is 1. The van der Waals surface area contributed by atoms with Crippen LogP contribution in [0.4, 0.5) is 5.69 Å². The maximum absolute atomic E-state index is 12.7. The van der Waals surface area contributed by atoms with Crippen molar-refractivity contribution in [2.24, 2.45) is 0 Å². The Morgan fingerprint density at radius 1 is 1.07 bits per heavy atom. The van der Waals surface area contributed by atoms with Gasteiger partial charge in [0, 0.05) is 23.6 Å². The minimum atomic E-state index is -0.272. The van der Waals surface area contributed by atoms with Gasteiger partial charge in [-0.2, -0.15) is 0 Å². The maximum Gasteiger partial charge on any atom is 0.261 e. The summed E-state index contributed by atoms with van der Waals surface area (Å²) in [4.78, 5) is 26.7. The van der Waals surface area contributed by atoms with Crippen molar-refractivity contribution in [1.82, 2.24) is 15.0 Å². The van der Waals surface area contributed by atoms with Gasteiger partial charge in [-0.1, -0.05) is 23.5 Å². The Morgan fingerprint density at radius 3 is 2.70 bits per heavy atom. The van der Waals surface area contributed by atoms with E-state index in [1.54, 1.807) is 24.5 Å².